The van der Waals surface area contributed by atoms with Crippen LogP contribution in [-0.4, -0.2) is 17.5 Å². The average molecular weight is 370 g/mol. The van der Waals surface area contributed by atoms with Gasteiger partial charge in [0, 0.05) is 18.7 Å². The number of nitro benzene ring substituents is 1. The Bertz CT molecular complexity index is 711. The molecule has 0 unspecified atom stereocenters. The number of rotatable bonds is 6. The summed E-state index contributed by atoms with van der Waals surface area (Å²) in [5, 5.41) is 21.6. The topological polar surface area (TPSA) is 70.2 Å². The zero-order valence-electron chi connectivity index (χ0n) is 16.6. The van der Waals surface area contributed by atoms with Crippen molar-refractivity contribution in [2.75, 3.05) is 11.4 Å². The first-order valence-electron chi connectivity index (χ1n) is 10.4. The van der Waals surface area contributed by atoms with Crippen LogP contribution in [0.3, 0.4) is 0 Å². The van der Waals surface area contributed by atoms with Crippen molar-refractivity contribution in [2.24, 2.45) is 5.92 Å². The molecule has 2 aliphatic rings. The van der Waals surface area contributed by atoms with Crippen LogP contribution in [0.5, 0.6) is 0 Å². The van der Waals surface area contributed by atoms with Gasteiger partial charge in [-0.15, -0.1) is 0 Å². The van der Waals surface area contributed by atoms with E-state index in [1.165, 1.54) is 25.7 Å². The Morgan fingerprint density at radius 3 is 2.37 bits per heavy atom. The van der Waals surface area contributed by atoms with Gasteiger partial charge in [-0.2, -0.15) is 5.26 Å². The highest BCUT2D eigenvalue weighted by atomic mass is 16.6. The summed E-state index contributed by atoms with van der Waals surface area (Å²) in [4.78, 5) is 14.0. The van der Waals surface area contributed by atoms with Crippen molar-refractivity contribution in [1.82, 2.24) is 0 Å². The lowest BCUT2D eigenvalue weighted by atomic mass is 9.65. The molecule has 0 N–H and O–H groups in total. The lowest BCUT2D eigenvalue weighted by Gasteiger charge is -2.37. The van der Waals surface area contributed by atoms with Crippen molar-refractivity contribution >= 4 is 11.4 Å². The Morgan fingerprint density at radius 1 is 1.22 bits per heavy atom. The molecule has 27 heavy (non-hydrogen) atoms. The zero-order valence-corrected chi connectivity index (χ0v) is 16.6. The van der Waals surface area contributed by atoms with Crippen LogP contribution >= 0.6 is 0 Å². The molecule has 146 valence electrons. The van der Waals surface area contributed by atoms with Gasteiger partial charge in [0.25, 0.3) is 5.69 Å². The van der Waals surface area contributed by atoms with Crippen molar-refractivity contribution in [2.45, 2.75) is 83.1 Å². The predicted molar refractivity (Wildman–Crippen MR) is 108 cm³/mol. The van der Waals surface area contributed by atoms with E-state index in [-0.39, 0.29) is 10.6 Å². The maximum atomic E-state index is 11.9. The van der Waals surface area contributed by atoms with E-state index in [2.05, 4.69) is 24.8 Å². The standard InChI is InChI=1S/C22H31N3O2/c1-17(2)15-24(19-8-5-3-4-6-9-19)20-11-10-18(14-21(20)25(26)27)22(16-23)12-7-13-22/h10-11,14,17,19H,3-9,12-13,15H2,1-2H3. The highest BCUT2D eigenvalue weighted by Gasteiger charge is 2.40. The number of nitrogens with zero attached hydrogens (tertiary/aromatic N) is 3. The minimum absolute atomic E-state index is 0.166. The number of anilines is 1. The molecule has 0 radical (unpaired) electrons. The molecule has 0 aromatic heterocycles. The largest absolute Gasteiger partial charge is 0.363 e. The Balaban J connectivity index is 2.00. The van der Waals surface area contributed by atoms with Crippen molar-refractivity contribution in [3.05, 3.63) is 33.9 Å². The van der Waals surface area contributed by atoms with Crippen LogP contribution in [0.1, 0.15) is 77.2 Å². The van der Waals surface area contributed by atoms with E-state index in [1.54, 1.807) is 6.07 Å². The Labute approximate surface area is 162 Å². The van der Waals surface area contributed by atoms with Gasteiger partial charge in [-0.05, 0) is 49.7 Å². The van der Waals surface area contributed by atoms with Crippen LogP contribution in [0.25, 0.3) is 0 Å². The Kier molecular flexibility index (Phi) is 6.04. The van der Waals surface area contributed by atoms with Crippen molar-refractivity contribution in [1.29, 1.82) is 5.26 Å². The van der Waals surface area contributed by atoms with E-state index in [0.717, 1.165) is 49.9 Å². The summed E-state index contributed by atoms with van der Waals surface area (Å²) in [6.07, 6.45) is 9.75. The molecule has 0 heterocycles. The fraction of sp³-hybridized carbons (Fsp3) is 0.682. The molecule has 0 saturated heterocycles. The van der Waals surface area contributed by atoms with Crippen LogP contribution in [0.2, 0.25) is 0 Å². The highest BCUT2D eigenvalue weighted by molar-refractivity contribution is 5.66. The number of benzene rings is 1. The Hall–Kier alpha value is -2.09. The summed E-state index contributed by atoms with van der Waals surface area (Å²) in [6, 6.07) is 8.35. The number of hydrogen-bond donors (Lipinski definition) is 0. The molecular formula is C22H31N3O2. The summed E-state index contributed by atoms with van der Waals surface area (Å²) >= 11 is 0. The maximum absolute atomic E-state index is 11.9. The molecule has 1 aromatic rings. The van der Waals surface area contributed by atoms with E-state index in [4.69, 9.17) is 0 Å². The van der Waals surface area contributed by atoms with Crippen molar-refractivity contribution < 1.29 is 4.92 Å². The van der Waals surface area contributed by atoms with E-state index < -0.39 is 5.41 Å². The SMILES string of the molecule is CC(C)CN(c1ccc(C2(C#N)CCC2)cc1[N+](=O)[O-])C1CCCCCC1. The van der Waals surface area contributed by atoms with Gasteiger partial charge in [-0.25, -0.2) is 0 Å². The van der Waals surface area contributed by atoms with Gasteiger partial charge >= 0.3 is 0 Å². The summed E-state index contributed by atoms with van der Waals surface area (Å²) in [7, 11) is 0. The fourth-order valence-electron chi connectivity index (χ4n) is 4.61. The second kappa shape index (κ2) is 8.29. The van der Waals surface area contributed by atoms with Crippen LogP contribution in [0, 0.1) is 27.4 Å². The summed E-state index contributed by atoms with van der Waals surface area (Å²) in [6.45, 7) is 5.17. The molecular weight excluding hydrogens is 338 g/mol. The molecule has 5 nitrogen and oxygen atoms in total. The summed E-state index contributed by atoms with van der Waals surface area (Å²) < 4.78 is 0. The summed E-state index contributed by atoms with van der Waals surface area (Å²) in [5.41, 5.74) is 1.20. The van der Waals surface area contributed by atoms with E-state index >= 15 is 0 Å². The minimum Gasteiger partial charge on any atom is -0.363 e. The third-order valence-corrected chi connectivity index (χ3v) is 6.28. The lowest BCUT2D eigenvalue weighted by molar-refractivity contribution is -0.384. The normalized spacial score (nSPS) is 19.8. The van der Waals surface area contributed by atoms with Crippen LogP contribution in [-0.2, 0) is 5.41 Å². The van der Waals surface area contributed by atoms with E-state index in [9.17, 15) is 15.4 Å². The molecule has 5 heteroatoms. The van der Waals surface area contributed by atoms with E-state index in [0.29, 0.717) is 12.0 Å². The van der Waals surface area contributed by atoms with E-state index in [1.807, 2.05) is 12.1 Å². The van der Waals surface area contributed by atoms with Crippen molar-refractivity contribution in [3.8, 4) is 6.07 Å². The molecule has 1 aromatic carbocycles. The first kappa shape index (κ1) is 19.7. The molecule has 0 bridgehead atoms. The molecule has 3 rings (SSSR count). The average Bonchev–Trinajstić information content (AvgIpc) is 2.88. The van der Waals surface area contributed by atoms with Gasteiger partial charge < -0.3 is 4.90 Å². The lowest BCUT2D eigenvalue weighted by Crippen LogP contribution is -2.38. The highest BCUT2D eigenvalue weighted by Crippen LogP contribution is 2.45. The molecule has 0 atom stereocenters. The zero-order chi connectivity index (χ0) is 19.4. The number of hydrogen-bond acceptors (Lipinski definition) is 4. The number of nitriles is 1. The van der Waals surface area contributed by atoms with Gasteiger partial charge in [0.1, 0.15) is 5.69 Å². The van der Waals surface area contributed by atoms with Crippen molar-refractivity contribution in [3.63, 3.8) is 0 Å². The molecule has 2 fully saturated rings. The van der Waals surface area contributed by atoms with Crippen LogP contribution < -0.4 is 4.90 Å². The second-order valence-corrected chi connectivity index (χ2v) is 8.70. The molecule has 2 aliphatic carbocycles. The first-order chi connectivity index (χ1) is 13.0. The second-order valence-electron chi connectivity index (χ2n) is 8.70. The third kappa shape index (κ3) is 4.10. The van der Waals surface area contributed by atoms with Crippen LogP contribution in [0.15, 0.2) is 18.2 Å². The third-order valence-electron chi connectivity index (χ3n) is 6.28. The fourth-order valence-corrected chi connectivity index (χ4v) is 4.61. The Morgan fingerprint density at radius 2 is 1.89 bits per heavy atom. The summed E-state index contributed by atoms with van der Waals surface area (Å²) in [5.74, 6) is 0.435. The first-order valence-corrected chi connectivity index (χ1v) is 10.4. The molecule has 0 amide bonds. The molecule has 0 spiro atoms. The van der Waals surface area contributed by atoms with Crippen LogP contribution in [0.4, 0.5) is 11.4 Å². The smallest absolute Gasteiger partial charge is 0.292 e. The molecule has 2 saturated carbocycles. The predicted octanol–water partition coefficient (Wildman–Crippen LogP) is 5.73. The van der Waals surface area contributed by atoms with Gasteiger partial charge in [-0.3, -0.25) is 10.1 Å². The van der Waals surface area contributed by atoms with Gasteiger partial charge in [-0.1, -0.05) is 45.6 Å². The van der Waals surface area contributed by atoms with Gasteiger partial charge in [0.15, 0.2) is 0 Å². The minimum atomic E-state index is -0.519. The monoisotopic (exact) mass is 369 g/mol. The maximum Gasteiger partial charge on any atom is 0.292 e. The van der Waals surface area contributed by atoms with Gasteiger partial charge in [0.05, 0.1) is 16.4 Å². The van der Waals surface area contributed by atoms with Gasteiger partial charge in [0.2, 0.25) is 0 Å². The quantitative estimate of drug-likeness (QED) is 0.365. The number of nitro groups is 1. The molecule has 0 aliphatic heterocycles.